The summed E-state index contributed by atoms with van der Waals surface area (Å²) >= 11 is 5.17. The number of hydrogen-bond donors (Lipinski definition) is 1. The monoisotopic (exact) mass is 374 g/mol. The number of carbonyl (C=O) groups excluding carboxylic acids is 1. The van der Waals surface area contributed by atoms with Crippen molar-refractivity contribution in [3.05, 3.63) is 20.8 Å². The second-order valence-corrected chi connectivity index (χ2v) is 8.04. The van der Waals surface area contributed by atoms with Crippen LogP contribution in [0, 0.1) is 5.41 Å². The van der Waals surface area contributed by atoms with Crippen molar-refractivity contribution < 1.29 is 9.53 Å². The molecule has 1 N–H and O–H groups in total. The first kappa shape index (κ1) is 16.9. The van der Waals surface area contributed by atoms with Crippen LogP contribution in [0.2, 0.25) is 0 Å². The Morgan fingerprint density at radius 2 is 2.19 bits per heavy atom. The van der Waals surface area contributed by atoms with E-state index in [0.717, 1.165) is 36.3 Å². The molecule has 1 aliphatic heterocycles. The fourth-order valence-electron chi connectivity index (χ4n) is 2.89. The molecule has 0 spiro atoms. The van der Waals surface area contributed by atoms with Crippen LogP contribution in [0.25, 0.3) is 0 Å². The van der Waals surface area contributed by atoms with Crippen LogP contribution in [-0.2, 0) is 16.1 Å². The van der Waals surface area contributed by atoms with Crippen LogP contribution in [-0.4, -0.2) is 44.2 Å². The molecular weight excluding hydrogens is 352 g/mol. The highest BCUT2D eigenvalue weighted by atomic mass is 79.9. The molecule has 0 radical (unpaired) electrons. The number of ether oxygens (including phenoxy) is 1. The Balaban J connectivity index is 2.12. The molecule has 6 heteroatoms. The van der Waals surface area contributed by atoms with E-state index in [-0.39, 0.29) is 11.3 Å². The van der Waals surface area contributed by atoms with E-state index in [1.54, 1.807) is 18.4 Å². The first-order valence-corrected chi connectivity index (χ1v) is 8.95. The van der Waals surface area contributed by atoms with E-state index < -0.39 is 0 Å². The molecule has 1 amide bonds. The van der Waals surface area contributed by atoms with Gasteiger partial charge in [-0.05, 0) is 60.9 Å². The molecule has 118 valence electrons. The van der Waals surface area contributed by atoms with Crippen molar-refractivity contribution in [2.45, 2.75) is 26.3 Å². The predicted molar refractivity (Wildman–Crippen MR) is 89.5 cm³/mol. The van der Waals surface area contributed by atoms with Crippen LogP contribution in [0.3, 0.4) is 0 Å². The fourth-order valence-corrected chi connectivity index (χ4v) is 4.39. The summed E-state index contributed by atoms with van der Waals surface area (Å²) in [6.07, 6.45) is 1.70. The van der Waals surface area contributed by atoms with Crippen molar-refractivity contribution in [2.75, 3.05) is 33.4 Å². The third-order valence-corrected chi connectivity index (χ3v) is 5.69. The lowest BCUT2D eigenvalue weighted by molar-refractivity contribution is -0.148. The number of nitrogens with zero attached hydrogens (tertiary/aromatic N) is 1. The maximum absolute atomic E-state index is 13.1. The topological polar surface area (TPSA) is 41.6 Å². The molecule has 1 fully saturated rings. The van der Waals surface area contributed by atoms with Gasteiger partial charge in [0.05, 0.1) is 22.4 Å². The largest absolute Gasteiger partial charge is 0.384 e. The lowest BCUT2D eigenvalue weighted by atomic mass is 9.78. The molecule has 2 rings (SSSR count). The van der Waals surface area contributed by atoms with Crippen LogP contribution < -0.4 is 5.32 Å². The molecule has 1 aromatic rings. The summed E-state index contributed by atoms with van der Waals surface area (Å²) in [6.45, 7) is 5.74. The molecule has 0 saturated carbocycles. The van der Waals surface area contributed by atoms with Crippen molar-refractivity contribution in [1.82, 2.24) is 10.2 Å². The Hall–Kier alpha value is -0.430. The summed E-state index contributed by atoms with van der Waals surface area (Å²) in [6, 6.07) is 4.11. The number of carbonyl (C=O) groups is 1. The van der Waals surface area contributed by atoms with Gasteiger partial charge in [-0.15, -0.1) is 11.3 Å². The molecule has 1 aliphatic rings. The van der Waals surface area contributed by atoms with E-state index in [1.165, 1.54) is 4.88 Å². The van der Waals surface area contributed by atoms with Crippen LogP contribution in [0.5, 0.6) is 0 Å². The molecule has 2 heterocycles. The Morgan fingerprint density at radius 3 is 2.71 bits per heavy atom. The van der Waals surface area contributed by atoms with E-state index in [0.29, 0.717) is 13.2 Å². The van der Waals surface area contributed by atoms with Gasteiger partial charge in [0.2, 0.25) is 5.91 Å². The molecule has 0 bridgehead atoms. The second kappa shape index (κ2) is 7.72. The van der Waals surface area contributed by atoms with Crippen LogP contribution in [0.4, 0.5) is 0 Å². The van der Waals surface area contributed by atoms with E-state index in [4.69, 9.17) is 4.74 Å². The molecule has 0 unspecified atom stereocenters. The first-order chi connectivity index (χ1) is 10.1. The number of rotatable bonds is 6. The van der Waals surface area contributed by atoms with Gasteiger partial charge in [-0.25, -0.2) is 0 Å². The van der Waals surface area contributed by atoms with Crippen LogP contribution in [0.15, 0.2) is 15.9 Å². The van der Waals surface area contributed by atoms with Gasteiger partial charge in [0.1, 0.15) is 0 Å². The maximum atomic E-state index is 13.1. The zero-order valence-electron chi connectivity index (χ0n) is 12.7. The molecule has 21 heavy (non-hydrogen) atoms. The van der Waals surface area contributed by atoms with Crippen LogP contribution >= 0.6 is 27.3 Å². The predicted octanol–water partition coefficient (Wildman–Crippen LogP) is 2.88. The SMILES string of the molecule is CCN(Cc1ccc(Br)s1)C(=O)C1(COC)CCNCC1. The zero-order valence-corrected chi connectivity index (χ0v) is 15.1. The van der Waals surface area contributed by atoms with Crippen molar-refractivity contribution in [3.63, 3.8) is 0 Å². The van der Waals surface area contributed by atoms with Gasteiger partial charge in [-0.3, -0.25) is 4.79 Å². The smallest absolute Gasteiger partial charge is 0.231 e. The van der Waals surface area contributed by atoms with Gasteiger partial charge in [0, 0.05) is 18.5 Å². The number of hydrogen-bond acceptors (Lipinski definition) is 4. The van der Waals surface area contributed by atoms with Gasteiger partial charge in [0.15, 0.2) is 0 Å². The van der Waals surface area contributed by atoms with Gasteiger partial charge in [-0.1, -0.05) is 0 Å². The molecule has 0 atom stereocenters. The summed E-state index contributed by atoms with van der Waals surface area (Å²) in [5.41, 5.74) is -0.357. The normalized spacial score (nSPS) is 17.7. The molecule has 1 saturated heterocycles. The summed E-state index contributed by atoms with van der Waals surface area (Å²) in [5, 5.41) is 3.33. The number of methoxy groups -OCH3 is 1. The number of amides is 1. The number of thiophene rings is 1. The van der Waals surface area contributed by atoms with Gasteiger partial charge in [-0.2, -0.15) is 0 Å². The standard InChI is InChI=1S/C15H23BrN2O2S/c1-3-18(10-12-4-5-13(16)21-12)14(19)15(11-20-2)6-8-17-9-7-15/h4-5,17H,3,6-11H2,1-2H3. The fraction of sp³-hybridized carbons (Fsp3) is 0.667. The number of nitrogens with one attached hydrogen (secondary N) is 1. The maximum Gasteiger partial charge on any atom is 0.231 e. The van der Waals surface area contributed by atoms with Crippen molar-refractivity contribution >= 4 is 33.2 Å². The Morgan fingerprint density at radius 1 is 1.48 bits per heavy atom. The van der Waals surface area contributed by atoms with Crippen molar-refractivity contribution in [2.24, 2.45) is 5.41 Å². The first-order valence-electron chi connectivity index (χ1n) is 7.34. The minimum atomic E-state index is -0.357. The number of piperidine rings is 1. The summed E-state index contributed by atoms with van der Waals surface area (Å²) < 4.78 is 6.48. The van der Waals surface area contributed by atoms with Crippen molar-refractivity contribution in [3.8, 4) is 0 Å². The van der Waals surface area contributed by atoms with Crippen molar-refractivity contribution in [1.29, 1.82) is 0 Å². The van der Waals surface area contributed by atoms with Crippen LogP contribution in [0.1, 0.15) is 24.6 Å². The van der Waals surface area contributed by atoms with Gasteiger partial charge < -0.3 is 15.0 Å². The Kier molecular flexibility index (Phi) is 6.22. The Bertz CT molecular complexity index is 466. The number of halogens is 1. The van der Waals surface area contributed by atoms with E-state index in [9.17, 15) is 4.79 Å². The summed E-state index contributed by atoms with van der Waals surface area (Å²) in [5.74, 6) is 0.234. The quantitative estimate of drug-likeness (QED) is 0.832. The molecule has 4 nitrogen and oxygen atoms in total. The highest BCUT2D eigenvalue weighted by molar-refractivity contribution is 9.11. The molecule has 0 aromatic carbocycles. The third kappa shape index (κ3) is 4.06. The zero-order chi connectivity index (χ0) is 15.3. The summed E-state index contributed by atoms with van der Waals surface area (Å²) in [4.78, 5) is 16.2. The van der Waals surface area contributed by atoms with E-state index >= 15 is 0 Å². The highest BCUT2D eigenvalue weighted by Gasteiger charge is 2.41. The van der Waals surface area contributed by atoms with Gasteiger partial charge >= 0.3 is 0 Å². The Labute approximate surface area is 139 Å². The van der Waals surface area contributed by atoms with Gasteiger partial charge in [0.25, 0.3) is 0 Å². The minimum Gasteiger partial charge on any atom is -0.384 e. The minimum absolute atomic E-state index is 0.234. The highest BCUT2D eigenvalue weighted by Crippen LogP contribution is 2.33. The van der Waals surface area contributed by atoms with E-state index in [1.807, 2.05) is 17.9 Å². The third-order valence-electron chi connectivity index (χ3n) is 4.08. The lowest BCUT2D eigenvalue weighted by Gasteiger charge is -2.39. The lowest BCUT2D eigenvalue weighted by Crippen LogP contribution is -2.51. The average Bonchev–Trinajstić information content (AvgIpc) is 2.90. The molecule has 1 aromatic heterocycles. The average molecular weight is 375 g/mol. The van der Waals surface area contributed by atoms with E-state index in [2.05, 4.69) is 27.3 Å². The molecule has 0 aliphatic carbocycles. The summed E-state index contributed by atoms with van der Waals surface area (Å²) in [7, 11) is 1.68. The molecular formula is C15H23BrN2O2S. The second-order valence-electron chi connectivity index (χ2n) is 5.49.